The second-order valence-electron chi connectivity index (χ2n) is 1.75. The quantitative estimate of drug-likeness (QED) is 0.515. The van der Waals surface area contributed by atoms with Crippen molar-refractivity contribution in [2.45, 2.75) is 25.9 Å². The van der Waals surface area contributed by atoms with Crippen LogP contribution in [0.4, 0.5) is 0 Å². The molecule has 2 unspecified atom stereocenters. The van der Waals surface area contributed by atoms with Crippen LogP contribution in [0.1, 0.15) is 13.8 Å². The first-order valence-corrected chi connectivity index (χ1v) is 2.34. The highest BCUT2D eigenvalue weighted by molar-refractivity contribution is 4.84. The molecule has 0 aromatic heterocycles. The van der Waals surface area contributed by atoms with Crippen molar-refractivity contribution in [1.82, 2.24) is 0 Å². The summed E-state index contributed by atoms with van der Waals surface area (Å²) in [5, 5.41) is 0. The molecule has 7 heavy (non-hydrogen) atoms. The fourth-order valence-corrected chi connectivity index (χ4v) is 0.136. The fourth-order valence-electron chi connectivity index (χ4n) is 0.136. The molecule has 2 nitrogen and oxygen atoms in total. The summed E-state index contributed by atoms with van der Waals surface area (Å²) in [6, 6.07) is 0.157. The molecule has 0 bridgehead atoms. The van der Waals surface area contributed by atoms with E-state index in [9.17, 15) is 0 Å². The molecule has 0 spiro atoms. The zero-order valence-electron chi connectivity index (χ0n) is 4.76. The van der Waals surface area contributed by atoms with Crippen molar-refractivity contribution >= 4 is 0 Å². The lowest BCUT2D eigenvalue weighted by atomic mass is 10.2. The van der Waals surface area contributed by atoms with Crippen molar-refractivity contribution in [3.63, 3.8) is 0 Å². The largest absolute Gasteiger partial charge is 0.321 e. The highest BCUT2D eigenvalue weighted by Gasteiger charge is 2.12. The number of rotatable bonds is 1. The van der Waals surface area contributed by atoms with Gasteiger partial charge in [0.25, 0.3) is 12.6 Å². The summed E-state index contributed by atoms with van der Waals surface area (Å²) in [4.78, 5) is 3.46. The van der Waals surface area contributed by atoms with E-state index < -0.39 is 0 Å². The molecule has 0 aliphatic rings. The van der Waals surface area contributed by atoms with Crippen molar-refractivity contribution in [1.29, 1.82) is 0 Å². The summed E-state index contributed by atoms with van der Waals surface area (Å²) in [6.07, 6.45) is 0. The normalized spacial score (nSPS) is 17.4. The van der Waals surface area contributed by atoms with Crippen LogP contribution >= 0.6 is 0 Å². The minimum atomic E-state index is 0.0741. The van der Waals surface area contributed by atoms with Crippen LogP contribution in [0.3, 0.4) is 0 Å². The fraction of sp³-hybridized carbons (Fsp3) is 0.800. The molecule has 0 aromatic carbocycles. The van der Waals surface area contributed by atoms with Gasteiger partial charge in [0, 0.05) is 6.92 Å². The van der Waals surface area contributed by atoms with E-state index in [1.165, 1.54) is 0 Å². The smallest absolute Gasteiger partial charge is 0.283 e. The Morgan fingerprint density at radius 1 is 1.57 bits per heavy atom. The van der Waals surface area contributed by atoms with Crippen molar-refractivity contribution in [3.05, 3.63) is 4.85 Å². The molecule has 0 saturated heterocycles. The Labute approximate surface area is 44.1 Å². The summed E-state index contributed by atoms with van der Waals surface area (Å²) in [5.74, 6) is 0. The predicted molar refractivity (Wildman–Crippen MR) is 31.4 cm³/mol. The van der Waals surface area contributed by atoms with Crippen LogP contribution in [0, 0.1) is 6.57 Å². The molecule has 0 aromatic rings. The zero-order valence-corrected chi connectivity index (χ0v) is 4.76. The van der Waals surface area contributed by atoms with Crippen molar-refractivity contribution < 1.29 is 0 Å². The number of hydrogen-bond donors (Lipinski definition) is 1. The Morgan fingerprint density at radius 2 is 2.00 bits per heavy atom. The topological polar surface area (TPSA) is 30.4 Å². The van der Waals surface area contributed by atoms with E-state index in [1.807, 2.05) is 13.8 Å². The molecule has 0 fully saturated rings. The summed E-state index contributed by atoms with van der Waals surface area (Å²) >= 11 is 0. The van der Waals surface area contributed by atoms with Crippen LogP contribution in [-0.4, -0.2) is 12.1 Å². The number of nitrogens with two attached hydrogens (primary N) is 1. The van der Waals surface area contributed by atoms with Gasteiger partial charge in [-0.05, 0) is 6.92 Å². The van der Waals surface area contributed by atoms with Crippen LogP contribution < -0.4 is 5.73 Å². The molecule has 0 aliphatic heterocycles. The average molecular weight is 99.2 g/mol. The van der Waals surface area contributed by atoms with Crippen LogP contribution in [0.5, 0.6) is 0 Å². The summed E-state index contributed by atoms with van der Waals surface area (Å²) in [7, 11) is 0. The number of hydrogen-bond acceptors (Lipinski definition) is 1. The Bertz CT molecular complexity index is 80.6. The summed E-state index contributed by atoms with van der Waals surface area (Å²) < 4.78 is 0. The van der Waals surface area contributed by atoms with Gasteiger partial charge >= 0.3 is 0 Å². The van der Waals surface area contributed by atoms with Gasteiger partial charge in [-0.25, -0.2) is 0 Å². The highest BCUT2D eigenvalue weighted by atomic mass is 14.8. The molecule has 2 atom stereocenters. The van der Waals surface area contributed by atoms with E-state index in [2.05, 4.69) is 4.85 Å². The van der Waals surface area contributed by atoms with E-state index in [1.54, 1.807) is 0 Å². The van der Waals surface area contributed by atoms with Gasteiger partial charge in [-0.1, -0.05) is 4.85 Å². The predicted octanol–water partition coefficient (Wildman–Crippen LogP) is 0.685. The first-order chi connectivity index (χ1) is 3.18. The second-order valence-corrected chi connectivity index (χ2v) is 1.75. The molecule has 0 heterocycles. The van der Waals surface area contributed by atoms with Gasteiger partial charge < -0.3 is 5.73 Å². The van der Waals surface area contributed by atoms with Gasteiger partial charge in [0.05, 0.1) is 6.04 Å². The van der Waals surface area contributed by atoms with E-state index in [4.69, 9.17) is 12.3 Å². The lowest BCUT2D eigenvalue weighted by Crippen LogP contribution is -2.25. The summed E-state index contributed by atoms with van der Waals surface area (Å²) in [5.41, 5.74) is 5.37. The monoisotopic (exact) mass is 99.1 g/mol. The van der Waals surface area contributed by atoms with E-state index in [0.717, 1.165) is 0 Å². The minimum absolute atomic E-state index is 0.0741. The Hall–Kier alpha value is -0.550. The van der Waals surface area contributed by atoms with Crippen LogP contribution in [0.25, 0.3) is 4.85 Å². The maximum absolute atomic E-state index is 5.37. The Kier molecular flexibility index (Phi) is 2.39. The molecule has 40 valence electrons. The second kappa shape index (κ2) is 2.59. The molecule has 2 N–H and O–H groups in total. The van der Waals surface area contributed by atoms with Crippen molar-refractivity contribution in [3.8, 4) is 6.57 Å². The van der Waals surface area contributed by atoms with Gasteiger partial charge in [-0.2, -0.15) is 0 Å². The molecule has 2 heteroatoms. The molecule has 0 rings (SSSR count). The molecule has 0 amide bonds. The van der Waals surface area contributed by atoms with Gasteiger partial charge in [-0.15, -0.1) is 0 Å². The third-order valence-electron chi connectivity index (χ3n) is 0.996. The molecular formula is C5H11N2+. The minimum Gasteiger partial charge on any atom is -0.321 e. The van der Waals surface area contributed by atoms with Crippen LogP contribution in [0.15, 0.2) is 0 Å². The number of nitrogens with zero attached hydrogens (tertiary/aromatic N) is 1. The highest BCUT2D eigenvalue weighted by Crippen LogP contribution is 1.90. The lowest BCUT2D eigenvalue weighted by molar-refractivity contribution is 0.671. The molecule has 0 radical (unpaired) electrons. The van der Waals surface area contributed by atoms with E-state index >= 15 is 0 Å². The Morgan fingerprint density at radius 3 is 2.00 bits per heavy atom. The van der Waals surface area contributed by atoms with Gasteiger partial charge in [-0.3, -0.25) is 0 Å². The van der Waals surface area contributed by atoms with Gasteiger partial charge in [0.2, 0.25) is 0 Å². The maximum Gasteiger partial charge on any atom is 0.283 e. The van der Waals surface area contributed by atoms with E-state index in [-0.39, 0.29) is 12.1 Å². The lowest BCUT2D eigenvalue weighted by Gasteiger charge is -1.94. The zero-order chi connectivity index (χ0) is 5.86. The third kappa shape index (κ3) is 2.18. The van der Waals surface area contributed by atoms with Crippen LogP contribution in [0.2, 0.25) is 0 Å². The van der Waals surface area contributed by atoms with Crippen LogP contribution in [-0.2, 0) is 0 Å². The first kappa shape index (κ1) is 6.45. The Balaban J connectivity index is 3.40. The maximum atomic E-state index is 5.37. The SMILES string of the molecule is C#[N+]C(C)C(C)N. The third-order valence-corrected chi connectivity index (χ3v) is 0.996. The van der Waals surface area contributed by atoms with Gasteiger partial charge in [0.1, 0.15) is 0 Å². The first-order valence-electron chi connectivity index (χ1n) is 2.34. The van der Waals surface area contributed by atoms with Crippen molar-refractivity contribution in [2.75, 3.05) is 0 Å². The standard InChI is InChI=1S/C5H11N2/c1-4(6)5(2)7-3/h3-5H,6H2,1-2H3/q+1. The average Bonchev–Trinajstić information content (AvgIpc) is 1.65. The van der Waals surface area contributed by atoms with E-state index in [0.29, 0.717) is 0 Å². The molecular weight excluding hydrogens is 88.1 g/mol. The van der Waals surface area contributed by atoms with Gasteiger partial charge in [0.15, 0.2) is 0 Å². The summed E-state index contributed by atoms with van der Waals surface area (Å²) in [6.45, 7) is 8.67. The van der Waals surface area contributed by atoms with Crippen molar-refractivity contribution in [2.24, 2.45) is 5.73 Å². The molecule has 0 aliphatic carbocycles. The molecule has 0 saturated carbocycles.